The molecule has 3 aromatic rings. The number of thioether (sulfide) groups is 1. The Hall–Kier alpha value is -2.84. The molecule has 0 bridgehead atoms. The summed E-state index contributed by atoms with van der Waals surface area (Å²) in [5.41, 5.74) is 1.92. The first kappa shape index (κ1) is 22.8. The van der Waals surface area contributed by atoms with Gasteiger partial charge in [0.25, 0.3) is 5.91 Å². The Morgan fingerprint density at radius 1 is 1.06 bits per heavy atom. The van der Waals surface area contributed by atoms with E-state index in [0.29, 0.717) is 46.1 Å². The molecule has 3 rings (SSSR count). The second kappa shape index (κ2) is 10.5. The van der Waals surface area contributed by atoms with E-state index in [1.807, 2.05) is 37.6 Å². The van der Waals surface area contributed by atoms with E-state index < -0.39 is 0 Å². The predicted molar refractivity (Wildman–Crippen MR) is 124 cm³/mol. The van der Waals surface area contributed by atoms with Crippen LogP contribution in [0.25, 0.3) is 11.4 Å². The fourth-order valence-corrected chi connectivity index (χ4v) is 4.07. The van der Waals surface area contributed by atoms with Crippen LogP contribution in [0.4, 0.5) is 5.69 Å². The number of aromatic nitrogens is 3. The number of nitrogens with one attached hydrogen (secondary N) is 1. The fourth-order valence-electron chi connectivity index (χ4n) is 3.03. The zero-order chi connectivity index (χ0) is 22.4. The summed E-state index contributed by atoms with van der Waals surface area (Å²) in [5.74, 6) is 0.814. The lowest BCUT2D eigenvalue weighted by Gasteiger charge is -2.17. The molecule has 2 aromatic carbocycles. The second-order valence-corrected chi connectivity index (χ2v) is 8.08. The maximum atomic E-state index is 12.4. The molecule has 0 radical (unpaired) electrons. The minimum Gasteiger partial charge on any atom is -0.343 e. The zero-order valence-corrected chi connectivity index (χ0v) is 19.2. The van der Waals surface area contributed by atoms with Crippen LogP contribution in [0.1, 0.15) is 24.2 Å². The average Bonchev–Trinajstić information content (AvgIpc) is 3.14. The van der Waals surface area contributed by atoms with Crippen molar-refractivity contribution in [2.45, 2.75) is 19.0 Å². The van der Waals surface area contributed by atoms with Crippen molar-refractivity contribution in [3.05, 3.63) is 59.1 Å². The van der Waals surface area contributed by atoms with E-state index in [1.165, 1.54) is 11.8 Å². The number of rotatable bonds is 8. The maximum Gasteiger partial charge on any atom is 0.257 e. The molecule has 0 saturated carbocycles. The van der Waals surface area contributed by atoms with Crippen LogP contribution in [0, 0.1) is 0 Å². The quantitative estimate of drug-likeness (QED) is 0.509. The molecule has 0 unspecified atom stereocenters. The number of halogens is 1. The van der Waals surface area contributed by atoms with Crippen molar-refractivity contribution in [3.8, 4) is 11.4 Å². The van der Waals surface area contributed by atoms with Gasteiger partial charge in [-0.2, -0.15) is 0 Å². The highest BCUT2D eigenvalue weighted by molar-refractivity contribution is 7.99. The van der Waals surface area contributed by atoms with E-state index in [9.17, 15) is 9.59 Å². The van der Waals surface area contributed by atoms with Crippen LogP contribution in [0.15, 0.2) is 53.7 Å². The van der Waals surface area contributed by atoms with Gasteiger partial charge >= 0.3 is 0 Å². The smallest absolute Gasteiger partial charge is 0.257 e. The Labute approximate surface area is 190 Å². The molecule has 0 aliphatic heterocycles. The number of benzene rings is 2. The Kier molecular flexibility index (Phi) is 7.70. The largest absolute Gasteiger partial charge is 0.343 e. The van der Waals surface area contributed by atoms with Crippen molar-refractivity contribution in [2.75, 3.05) is 24.2 Å². The summed E-state index contributed by atoms with van der Waals surface area (Å²) in [6, 6.07) is 14.2. The van der Waals surface area contributed by atoms with Gasteiger partial charge in [0, 0.05) is 31.4 Å². The molecule has 0 aliphatic carbocycles. The van der Waals surface area contributed by atoms with E-state index in [2.05, 4.69) is 15.5 Å². The first-order valence-corrected chi connectivity index (χ1v) is 11.3. The molecule has 1 N–H and O–H groups in total. The molecular weight excluding hydrogens is 434 g/mol. The standard InChI is InChI=1S/C22H24ClN5O2S/c1-4-28(5-2)19(29)14-31-22-26-25-20(27(22)3)15-10-12-16(13-11-15)24-21(30)17-8-6-7-9-18(17)23/h6-13H,4-5,14H2,1-3H3,(H,24,30). The molecule has 2 amide bonds. The first-order valence-electron chi connectivity index (χ1n) is 9.90. The average molecular weight is 458 g/mol. The highest BCUT2D eigenvalue weighted by Gasteiger charge is 2.16. The molecule has 1 aromatic heterocycles. The number of anilines is 1. The lowest BCUT2D eigenvalue weighted by atomic mass is 10.1. The summed E-state index contributed by atoms with van der Waals surface area (Å²) in [7, 11) is 1.87. The monoisotopic (exact) mass is 457 g/mol. The fraction of sp³-hybridized carbons (Fsp3) is 0.273. The van der Waals surface area contributed by atoms with Crippen LogP contribution in [-0.2, 0) is 11.8 Å². The van der Waals surface area contributed by atoms with Crippen molar-refractivity contribution >= 4 is 40.9 Å². The molecule has 0 aliphatic rings. The summed E-state index contributed by atoms with van der Waals surface area (Å²) >= 11 is 7.45. The van der Waals surface area contributed by atoms with Gasteiger partial charge in [0.2, 0.25) is 5.91 Å². The molecule has 0 spiro atoms. The van der Waals surface area contributed by atoms with Crippen LogP contribution in [0.2, 0.25) is 5.02 Å². The van der Waals surface area contributed by atoms with Gasteiger partial charge in [-0.1, -0.05) is 35.5 Å². The van der Waals surface area contributed by atoms with Crippen LogP contribution in [0.3, 0.4) is 0 Å². The number of carbonyl (C=O) groups is 2. The number of nitrogens with zero attached hydrogens (tertiary/aromatic N) is 4. The molecule has 1 heterocycles. The van der Waals surface area contributed by atoms with Crippen molar-refractivity contribution in [1.82, 2.24) is 19.7 Å². The van der Waals surface area contributed by atoms with Crippen LogP contribution < -0.4 is 5.32 Å². The minimum absolute atomic E-state index is 0.0816. The number of hydrogen-bond donors (Lipinski definition) is 1. The van der Waals surface area contributed by atoms with Crippen molar-refractivity contribution in [3.63, 3.8) is 0 Å². The molecule has 0 fully saturated rings. The third-order valence-electron chi connectivity index (χ3n) is 4.80. The number of carbonyl (C=O) groups excluding carboxylic acids is 2. The molecule has 162 valence electrons. The lowest BCUT2D eigenvalue weighted by Crippen LogP contribution is -2.31. The molecule has 0 saturated heterocycles. The Morgan fingerprint density at radius 3 is 2.39 bits per heavy atom. The van der Waals surface area contributed by atoms with Crippen molar-refractivity contribution in [2.24, 2.45) is 7.05 Å². The van der Waals surface area contributed by atoms with E-state index in [0.717, 1.165) is 5.56 Å². The van der Waals surface area contributed by atoms with Gasteiger partial charge in [0.1, 0.15) is 0 Å². The van der Waals surface area contributed by atoms with Crippen molar-refractivity contribution in [1.29, 1.82) is 0 Å². The SMILES string of the molecule is CCN(CC)C(=O)CSc1nnc(-c2ccc(NC(=O)c3ccccc3Cl)cc2)n1C. The summed E-state index contributed by atoms with van der Waals surface area (Å²) in [4.78, 5) is 26.4. The molecule has 31 heavy (non-hydrogen) atoms. The van der Waals surface area contributed by atoms with Crippen LogP contribution in [-0.4, -0.2) is 50.3 Å². The zero-order valence-electron chi connectivity index (χ0n) is 17.6. The van der Waals surface area contributed by atoms with E-state index in [4.69, 9.17) is 11.6 Å². The van der Waals surface area contributed by atoms with Gasteiger partial charge in [0.05, 0.1) is 16.3 Å². The van der Waals surface area contributed by atoms with E-state index in [-0.39, 0.29) is 11.8 Å². The Morgan fingerprint density at radius 2 is 1.74 bits per heavy atom. The Bertz CT molecular complexity index is 1060. The second-order valence-electron chi connectivity index (χ2n) is 6.73. The van der Waals surface area contributed by atoms with Crippen LogP contribution in [0.5, 0.6) is 0 Å². The highest BCUT2D eigenvalue weighted by atomic mass is 35.5. The highest BCUT2D eigenvalue weighted by Crippen LogP contribution is 2.25. The molecule has 0 atom stereocenters. The minimum atomic E-state index is -0.270. The van der Waals surface area contributed by atoms with Gasteiger partial charge in [-0.3, -0.25) is 9.59 Å². The third-order valence-corrected chi connectivity index (χ3v) is 6.13. The van der Waals surface area contributed by atoms with Gasteiger partial charge < -0.3 is 14.8 Å². The van der Waals surface area contributed by atoms with E-state index in [1.54, 1.807) is 41.3 Å². The summed E-state index contributed by atoms with van der Waals surface area (Å²) in [6.07, 6.45) is 0. The number of amides is 2. The van der Waals surface area contributed by atoms with Crippen molar-refractivity contribution < 1.29 is 9.59 Å². The first-order chi connectivity index (χ1) is 14.9. The van der Waals surface area contributed by atoms with Gasteiger partial charge in [-0.25, -0.2) is 0 Å². The van der Waals surface area contributed by atoms with Gasteiger partial charge in [-0.15, -0.1) is 10.2 Å². The van der Waals surface area contributed by atoms with Gasteiger partial charge in [-0.05, 0) is 50.2 Å². The third kappa shape index (κ3) is 5.45. The lowest BCUT2D eigenvalue weighted by molar-refractivity contribution is -0.127. The molecule has 9 heteroatoms. The number of hydrogen-bond acceptors (Lipinski definition) is 5. The maximum absolute atomic E-state index is 12.4. The normalized spacial score (nSPS) is 10.7. The molecule has 7 nitrogen and oxygen atoms in total. The van der Waals surface area contributed by atoms with E-state index >= 15 is 0 Å². The summed E-state index contributed by atoms with van der Waals surface area (Å²) < 4.78 is 1.86. The van der Waals surface area contributed by atoms with Crippen LogP contribution >= 0.6 is 23.4 Å². The summed E-state index contributed by atoms with van der Waals surface area (Å²) in [6.45, 7) is 5.32. The summed E-state index contributed by atoms with van der Waals surface area (Å²) in [5, 5.41) is 12.4. The predicted octanol–water partition coefficient (Wildman–Crippen LogP) is 4.35. The topological polar surface area (TPSA) is 80.1 Å². The Balaban J connectivity index is 1.67. The molecular formula is C22H24ClN5O2S. The van der Waals surface area contributed by atoms with Gasteiger partial charge in [0.15, 0.2) is 11.0 Å².